The van der Waals surface area contributed by atoms with Gasteiger partial charge in [-0.2, -0.15) is 0 Å². The maximum absolute atomic E-state index is 10.5. The van der Waals surface area contributed by atoms with Crippen molar-refractivity contribution in [2.45, 2.75) is 77.7 Å². The SMILES string of the molecule is CCCCCC(CC)Oc1ccc(CCCCC(=O)O)cc1. The number of ether oxygens (including phenoxy) is 1. The zero-order chi connectivity index (χ0) is 16.2. The zero-order valence-corrected chi connectivity index (χ0v) is 14.0. The summed E-state index contributed by atoms with van der Waals surface area (Å²) in [5.74, 6) is 0.232. The van der Waals surface area contributed by atoms with Gasteiger partial charge in [-0.25, -0.2) is 0 Å². The molecule has 1 rings (SSSR count). The molecule has 1 atom stereocenters. The average molecular weight is 306 g/mol. The Labute approximate surface area is 134 Å². The minimum atomic E-state index is -0.711. The fourth-order valence-corrected chi connectivity index (χ4v) is 2.50. The van der Waals surface area contributed by atoms with Crippen LogP contribution in [0.3, 0.4) is 0 Å². The van der Waals surface area contributed by atoms with Crippen LogP contribution >= 0.6 is 0 Å². The molecule has 0 aliphatic heterocycles. The number of carboxylic acid groups (broad SMARTS) is 1. The van der Waals surface area contributed by atoms with E-state index in [2.05, 4.69) is 26.0 Å². The second kappa shape index (κ2) is 11.1. The molecule has 0 heterocycles. The molecule has 22 heavy (non-hydrogen) atoms. The molecule has 0 spiro atoms. The molecule has 1 aromatic carbocycles. The van der Waals surface area contributed by atoms with E-state index in [9.17, 15) is 4.79 Å². The summed E-state index contributed by atoms with van der Waals surface area (Å²) in [7, 11) is 0. The number of benzene rings is 1. The molecule has 0 amide bonds. The highest BCUT2D eigenvalue weighted by molar-refractivity contribution is 5.66. The van der Waals surface area contributed by atoms with Crippen molar-refractivity contribution in [2.75, 3.05) is 0 Å². The molecule has 0 aromatic heterocycles. The van der Waals surface area contributed by atoms with E-state index in [1.807, 2.05) is 12.1 Å². The first-order chi connectivity index (χ1) is 10.7. The van der Waals surface area contributed by atoms with E-state index in [0.717, 1.165) is 37.9 Å². The normalized spacial score (nSPS) is 12.1. The Hall–Kier alpha value is -1.51. The first-order valence-electron chi connectivity index (χ1n) is 8.63. The van der Waals surface area contributed by atoms with E-state index in [1.165, 1.54) is 24.8 Å². The van der Waals surface area contributed by atoms with Gasteiger partial charge in [0.25, 0.3) is 0 Å². The predicted molar refractivity (Wildman–Crippen MR) is 90.5 cm³/mol. The summed E-state index contributed by atoms with van der Waals surface area (Å²) in [6, 6.07) is 8.26. The van der Waals surface area contributed by atoms with Gasteiger partial charge in [0.15, 0.2) is 0 Å². The fourth-order valence-electron chi connectivity index (χ4n) is 2.50. The van der Waals surface area contributed by atoms with Crippen molar-refractivity contribution in [3.05, 3.63) is 29.8 Å². The highest BCUT2D eigenvalue weighted by Gasteiger charge is 2.07. The Morgan fingerprint density at radius 2 is 1.82 bits per heavy atom. The van der Waals surface area contributed by atoms with E-state index < -0.39 is 5.97 Å². The number of carboxylic acids is 1. The maximum atomic E-state index is 10.5. The minimum Gasteiger partial charge on any atom is -0.490 e. The number of aryl methyl sites for hydroxylation is 1. The largest absolute Gasteiger partial charge is 0.490 e. The van der Waals surface area contributed by atoms with Crippen molar-refractivity contribution in [3.8, 4) is 5.75 Å². The first kappa shape index (κ1) is 18.5. The smallest absolute Gasteiger partial charge is 0.303 e. The van der Waals surface area contributed by atoms with Gasteiger partial charge in [-0.15, -0.1) is 0 Å². The summed E-state index contributed by atoms with van der Waals surface area (Å²) in [6.45, 7) is 4.39. The van der Waals surface area contributed by atoms with E-state index >= 15 is 0 Å². The van der Waals surface area contributed by atoms with Crippen LogP contribution in [0.2, 0.25) is 0 Å². The molecule has 1 unspecified atom stereocenters. The van der Waals surface area contributed by atoms with Gasteiger partial charge < -0.3 is 9.84 Å². The maximum Gasteiger partial charge on any atom is 0.303 e. The van der Waals surface area contributed by atoms with Crippen LogP contribution in [0.25, 0.3) is 0 Å². The lowest BCUT2D eigenvalue weighted by molar-refractivity contribution is -0.137. The van der Waals surface area contributed by atoms with Crippen molar-refractivity contribution >= 4 is 5.97 Å². The van der Waals surface area contributed by atoms with Crippen molar-refractivity contribution in [1.82, 2.24) is 0 Å². The zero-order valence-electron chi connectivity index (χ0n) is 14.0. The number of rotatable bonds is 12. The van der Waals surface area contributed by atoms with E-state index in [0.29, 0.717) is 6.10 Å². The Morgan fingerprint density at radius 3 is 2.41 bits per heavy atom. The first-order valence-corrected chi connectivity index (χ1v) is 8.63. The van der Waals surface area contributed by atoms with Gasteiger partial charge in [0, 0.05) is 6.42 Å². The fraction of sp³-hybridized carbons (Fsp3) is 0.632. The predicted octanol–water partition coefficient (Wildman–Crippen LogP) is 5.22. The van der Waals surface area contributed by atoms with Gasteiger partial charge in [0.2, 0.25) is 0 Å². The quantitative estimate of drug-likeness (QED) is 0.538. The number of aliphatic carboxylic acids is 1. The molecular weight excluding hydrogens is 276 g/mol. The van der Waals surface area contributed by atoms with Crippen LogP contribution < -0.4 is 4.74 Å². The third kappa shape index (κ3) is 8.06. The van der Waals surface area contributed by atoms with Crippen molar-refractivity contribution in [3.63, 3.8) is 0 Å². The molecule has 0 radical (unpaired) electrons. The van der Waals surface area contributed by atoms with Crippen molar-refractivity contribution < 1.29 is 14.6 Å². The second-order valence-corrected chi connectivity index (χ2v) is 5.89. The molecule has 0 fully saturated rings. The monoisotopic (exact) mass is 306 g/mol. The van der Waals surface area contributed by atoms with Crippen molar-refractivity contribution in [1.29, 1.82) is 0 Å². The summed E-state index contributed by atoms with van der Waals surface area (Å²) in [6.07, 6.45) is 9.08. The summed E-state index contributed by atoms with van der Waals surface area (Å²) in [5.41, 5.74) is 1.25. The second-order valence-electron chi connectivity index (χ2n) is 5.89. The van der Waals surface area contributed by atoms with Crippen LogP contribution in [-0.2, 0) is 11.2 Å². The van der Waals surface area contributed by atoms with Crippen LogP contribution in [-0.4, -0.2) is 17.2 Å². The number of hydrogen-bond donors (Lipinski definition) is 1. The molecule has 0 saturated heterocycles. The summed E-state index contributed by atoms with van der Waals surface area (Å²) >= 11 is 0. The van der Waals surface area contributed by atoms with Crippen LogP contribution in [0.1, 0.15) is 70.8 Å². The molecule has 124 valence electrons. The molecule has 0 bridgehead atoms. The molecule has 0 aliphatic rings. The minimum absolute atomic E-state index is 0.261. The van der Waals surface area contributed by atoms with Gasteiger partial charge in [-0.05, 0) is 56.2 Å². The van der Waals surface area contributed by atoms with Crippen LogP contribution in [0.5, 0.6) is 5.75 Å². The Balaban J connectivity index is 2.34. The number of unbranched alkanes of at least 4 members (excludes halogenated alkanes) is 3. The molecule has 1 aromatic rings. The average Bonchev–Trinajstić information content (AvgIpc) is 2.52. The summed E-state index contributed by atoms with van der Waals surface area (Å²) in [5, 5.41) is 8.62. The Kier molecular flexibility index (Phi) is 9.36. The summed E-state index contributed by atoms with van der Waals surface area (Å²) < 4.78 is 6.04. The van der Waals surface area contributed by atoms with Gasteiger partial charge >= 0.3 is 5.97 Å². The van der Waals surface area contributed by atoms with Gasteiger partial charge in [-0.3, -0.25) is 4.79 Å². The van der Waals surface area contributed by atoms with Crippen LogP contribution in [0.15, 0.2) is 24.3 Å². The third-order valence-electron chi connectivity index (χ3n) is 3.92. The lowest BCUT2D eigenvalue weighted by Crippen LogP contribution is -2.15. The number of carbonyl (C=O) groups is 1. The van der Waals surface area contributed by atoms with Gasteiger partial charge in [0.1, 0.15) is 5.75 Å². The van der Waals surface area contributed by atoms with E-state index in [4.69, 9.17) is 9.84 Å². The standard InChI is InChI=1S/C19H30O3/c1-3-5-6-10-17(4-2)22-18-14-12-16(13-15-18)9-7-8-11-19(20)21/h12-15,17H,3-11H2,1-2H3,(H,20,21). The topological polar surface area (TPSA) is 46.5 Å². The molecular formula is C19H30O3. The van der Waals surface area contributed by atoms with Crippen LogP contribution in [0, 0.1) is 0 Å². The highest BCUT2D eigenvalue weighted by Crippen LogP contribution is 2.19. The van der Waals surface area contributed by atoms with E-state index in [-0.39, 0.29) is 6.42 Å². The summed E-state index contributed by atoms with van der Waals surface area (Å²) in [4.78, 5) is 10.5. The molecule has 3 nitrogen and oxygen atoms in total. The molecule has 1 N–H and O–H groups in total. The van der Waals surface area contributed by atoms with Gasteiger partial charge in [0.05, 0.1) is 6.10 Å². The molecule has 0 saturated carbocycles. The third-order valence-corrected chi connectivity index (χ3v) is 3.92. The highest BCUT2D eigenvalue weighted by atomic mass is 16.5. The van der Waals surface area contributed by atoms with Gasteiger partial charge in [-0.1, -0.05) is 38.8 Å². The molecule has 3 heteroatoms. The number of hydrogen-bond acceptors (Lipinski definition) is 2. The van der Waals surface area contributed by atoms with Crippen LogP contribution in [0.4, 0.5) is 0 Å². The van der Waals surface area contributed by atoms with E-state index in [1.54, 1.807) is 0 Å². The Morgan fingerprint density at radius 1 is 1.09 bits per heavy atom. The Bertz CT molecular complexity index is 411. The lowest BCUT2D eigenvalue weighted by atomic mass is 10.1. The molecule has 0 aliphatic carbocycles. The lowest BCUT2D eigenvalue weighted by Gasteiger charge is -2.17. The van der Waals surface area contributed by atoms with Crippen molar-refractivity contribution in [2.24, 2.45) is 0 Å².